The number of fused-ring (bicyclic) bond motifs is 1. The van der Waals surface area contributed by atoms with Crippen LogP contribution in [0, 0.1) is 0 Å². The molecule has 4 heteroatoms. The van der Waals surface area contributed by atoms with Gasteiger partial charge in [-0.15, -0.1) is 23.1 Å². The van der Waals surface area contributed by atoms with Crippen LogP contribution >= 0.6 is 23.1 Å². The van der Waals surface area contributed by atoms with Gasteiger partial charge in [0.1, 0.15) is 0 Å². The number of nitrogen functional groups attached to an aromatic ring is 1. The van der Waals surface area contributed by atoms with Crippen LogP contribution in [-0.4, -0.2) is 11.4 Å². The third-order valence-corrected chi connectivity index (χ3v) is 4.59. The van der Waals surface area contributed by atoms with Gasteiger partial charge in [0.25, 0.3) is 0 Å². The van der Waals surface area contributed by atoms with E-state index in [0.717, 1.165) is 25.5 Å². The van der Waals surface area contributed by atoms with Crippen LogP contribution in [0.25, 0.3) is 10.1 Å². The molecular formula is C10H11NOS2. The number of thiophene rings is 1. The fourth-order valence-electron chi connectivity index (χ4n) is 1.45. The van der Waals surface area contributed by atoms with Gasteiger partial charge >= 0.3 is 0 Å². The molecule has 74 valence electrons. The summed E-state index contributed by atoms with van der Waals surface area (Å²) in [6.07, 6.45) is 2.01. The number of rotatable bonds is 2. The Labute approximate surface area is 90.7 Å². The lowest BCUT2D eigenvalue weighted by molar-refractivity contribution is 0.283. The third kappa shape index (κ3) is 1.39. The maximum absolute atomic E-state index is 9.17. The summed E-state index contributed by atoms with van der Waals surface area (Å²) in [5.41, 5.74) is 7.78. The van der Waals surface area contributed by atoms with E-state index in [-0.39, 0.29) is 6.61 Å². The lowest BCUT2D eigenvalue weighted by Gasteiger charge is -1.97. The molecule has 0 radical (unpaired) electrons. The molecule has 0 aliphatic rings. The van der Waals surface area contributed by atoms with E-state index in [1.807, 2.05) is 24.5 Å². The Hall–Kier alpha value is -0.710. The number of thioether (sulfide) groups is 1. The van der Waals surface area contributed by atoms with Crippen molar-refractivity contribution in [2.75, 3.05) is 12.0 Å². The Morgan fingerprint density at radius 1 is 1.50 bits per heavy atom. The molecule has 0 aliphatic heterocycles. The molecule has 1 aromatic heterocycles. The van der Waals surface area contributed by atoms with Crippen molar-refractivity contribution < 1.29 is 5.11 Å². The van der Waals surface area contributed by atoms with Gasteiger partial charge in [0.15, 0.2) is 0 Å². The molecule has 2 aromatic rings. The van der Waals surface area contributed by atoms with Crippen molar-refractivity contribution in [1.82, 2.24) is 0 Å². The van der Waals surface area contributed by atoms with E-state index in [9.17, 15) is 0 Å². The average Bonchev–Trinajstić information content (AvgIpc) is 2.55. The second-order valence-corrected chi connectivity index (χ2v) is 5.05. The molecule has 0 bridgehead atoms. The maximum atomic E-state index is 9.17. The molecule has 2 nitrogen and oxygen atoms in total. The summed E-state index contributed by atoms with van der Waals surface area (Å²) in [4.78, 5) is 0. The van der Waals surface area contributed by atoms with Gasteiger partial charge in [-0.1, -0.05) is 18.2 Å². The molecule has 14 heavy (non-hydrogen) atoms. The predicted octanol–water partition coefficient (Wildman–Crippen LogP) is 2.70. The highest BCUT2D eigenvalue weighted by atomic mass is 32.2. The average molecular weight is 225 g/mol. The highest BCUT2D eigenvalue weighted by Crippen LogP contribution is 2.40. The first-order valence-electron chi connectivity index (χ1n) is 4.22. The number of nitrogens with two attached hydrogens (primary N) is 1. The van der Waals surface area contributed by atoms with Crippen molar-refractivity contribution >= 4 is 38.9 Å². The lowest BCUT2D eigenvalue weighted by atomic mass is 10.1. The van der Waals surface area contributed by atoms with Crippen molar-refractivity contribution in [3.8, 4) is 0 Å². The molecule has 0 unspecified atom stereocenters. The molecule has 0 fully saturated rings. The van der Waals surface area contributed by atoms with Crippen LogP contribution < -0.4 is 5.73 Å². The van der Waals surface area contributed by atoms with Crippen LogP contribution in [0.1, 0.15) is 5.56 Å². The van der Waals surface area contributed by atoms with Crippen LogP contribution in [0.2, 0.25) is 0 Å². The van der Waals surface area contributed by atoms with E-state index in [4.69, 9.17) is 10.8 Å². The van der Waals surface area contributed by atoms with E-state index in [1.54, 1.807) is 23.1 Å². The second-order valence-electron chi connectivity index (χ2n) is 2.96. The first-order chi connectivity index (χ1) is 6.77. The Bertz CT molecular complexity index is 464. The van der Waals surface area contributed by atoms with Crippen LogP contribution in [-0.2, 0) is 6.61 Å². The molecule has 0 saturated heterocycles. The number of hydrogen-bond donors (Lipinski definition) is 2. The minimum Gasteiger partial charge on any atom is -0.397 e. The van der Waals surface area contributed by atoms with Gasteiger partial charge in [-0.05, 0) is 11.8 Å². The van der Waals surface area contributed by atoms with Crippen molar-refractivity contribution in [2.45, 2.75) is 10.8 Å². The van der Waals surface area contributed by atoms with Crippen molar-refractivity contribution in [1.29, 1.82) is 0 Å². The molecule has 1 heterocycles. The van der Waals surface area contributed by atoms with E-state index in [1.165, 1.54) is 0 Å². The summed E-state index contributed by atoms with van der Waals surface area (Å²) in [6, 6.07) is 5.86. The molecule has 0 aliphatic carbocycles. The Morgan fingerprint density at radius 3 is 2.93 bits per heavy atom. The maximum Gasteiger partial charge on any atom is 0.0838 e. The van der Waals surface area contributed by atoms with Gasteiger partial charge in [-0.3, -0.25) is 0 Å². The second kappa shape index (κ2) is 3.81. The minimum atomic E-state index is 0.0745. The molecular weight excluding hydrogens is 214 g/mol. The molecule has 1 aromatic carbocycles. The van der Waals surface area contributed by atoms with Crippen LogP contribution in [0.3, 0.4) is 0 Å². The molecule has 0 saturated carbocycles. The smallest absolute Gasteiger partial charge is 0.0838 e. The monoisotopic (exact) mass is 225 g/mol. The number of aliphatic hydroxyl groups is 1. The van der Waals surface area contributed by atoms with Crippen LogP contribution in [0.5, 0.6) is 0 Å². The number of aliphatic hydroxyl groups excluding tert-OH is 1. The molecule has 0 spiro atoms. The molecule has 0 amide bonds. The number of hydrogen-bond acceptors (Lipinski definition) is 4. The van der Waals surface area contributed by atoms with Crippen LogP contribution in [0.15, 0.2) is 22.4 Å². The first-order valence-corrected chi connectivity index (χ1v) is 6.26. The van der Waals surface area contributed by atoms with Crippen molar-refractivity contribution in [3.05, 3.63) is 23.8 Å². The first kappa shape index (κ1) is 9.83. The summed E-state index contributed by atoms with van der Waals surface area (Å²) in [5, 5.41) is 10.2. The highest BCUT2D eigenvalue weighted by Gasteiger charge is 2.10. The van der Waals surface area contributed by atoms with E-state index in [2.05, 4.69) is 0 Å². The molecule has 0 atom stereocenters. The summed E-state index contributed by atoms with van der Waals surface area (Å²) in [5.74, 6) is 0. The van der Waals surface area contributed by atoms with Crippen molar-refractivity contribution in [2.24, 2.45) is 0 Å². The topological polar surface area (TPSA) is 46.2 Å². The zero-order valence-electron chi connectivity index (χ0n) is 7.78. The summed E-state index contributed by atoms with van der Waals surface area (Å²) in [6.45, 7) is 0.0745. The zero-order chi connectivity index (χ0) is 10.1. The summed E-state index contributed by atoms with van der Waals surface area (Å²) >= 11 is 3.31. The SMILES string of the molecule is CSc1sc2c(CO)cccc2c1N. The third-order valence-electron chi connectivity index (χ3n) is 2.16. The van der Waals surface area contributed by atoms with Gasteiger partial charge in [0, 0.05) is 10.1 Å². The lowest BCUT2D eigenvalue weighted by Crippen LogP contribution is -1.85. The quantitative estimate of drug-likeness (QED) is 0.772. The normalized spacial score (nSPS) is 11.0. The fourth-order valence-corrected chi connectivity index (χ4v) is 3.32. The molecule has 2 rings (SSSR count). The van der Waals surface area contributed by atoms with E-state index in [0.29, 0.717) is 0 Å². The Kier molecular flexibility index (Phi) is 2.67. The predicted molar refractivity (Wildman–Crippen MR) is 63.9 cm³/mol. The van der Waals surface area contributed by atoms with Crippen LogP contribution in [0.4, 0.5) is 5.69 Å². The summed E-state index contributed by atoms with van der Waals surface area (Å²) in [7, 11) is 0. The summed E-state index contributed by atoms with van der Waals surface area (Å²) < 4.78 is 2.23. The molecule has 3 N–H and O–H groups in total. The van der Waals surface area contributed by atoms with E-state index >= 15 is 0 Å². The fraction of sp³-hybridized carbons (Fsp3) is 0.200. The van der Waals surface area contributed by atoms with Gasteiger partial charge in [0.05, 0.1) is 16.5 Å². The van der Waals surface area contributed by atoms with Gasteiger partial charge < -0.3 is 10.8 Å². The standard InChI is InChI=1S/C10H11NOS2/c1-13-10-8(11)7-4-2-3-6(5-12)9(7)14-10/h2-4,12H,5,11H2,1H3. The van der Waals surface area contributed by atoms with E-state index < -0.39 is 0 Å². The Balaban J connectivity index is 2.77. The highest BCUT2D eigenvalue weighted by molar-refractivity contribution is 8.00. The van der Waals surface area contributed by atoms with Gasteiger partial charge in [-0.2, -0.15) is 0 Å². The zero-order valence-corrected chi connectivity index (χ0v) is 9.41. The largest absolute Gasteiger partial charge is 0.397 e. The number of benzene rings is 1. The van der Waals surface area contributed by atoms with Gasteiger partial charge in [-0.25, -0.2) is 0 Å². The number of anilines is 1. The minimum absolute atomic E-state index is 0.0745. The van der Waals surface area contributed by atoms with Gasteiger partial charge in [0.2, 0.25) is 0 Å². The van der Waals surface area contributed by atoms with Crippen molar-refractivity contribution in [3.63, 3.8) is 0 Å². The Morgan fingerprint density at radius 2 is 2.29 bits per heavy atom.